The summed E-state index contributed by atoms with van der Waals surface area (Å²) in [5, 5.41) is 3.78. The molecule has 29 heavy (non-hydrogen) atoms. The molecule has 0 bridgehead atoms. The van der Waals surface area contributed by atoms with Gasteiger partial charge in [0.15, 0.2) is 5.16 Å². The van der Waals surface area contributed by atoms with Gasteiger partial charge in [0.1, 0.15) is 0 Å². The Morgan fingerprint density at radius 2 is 1.90 bits per heavy atom. The lowest BCUT2D eigenvalue weighted by Gasteiger charge is -2.20. The summed E-state index contributed by atoms with van der Waals surface area (Å²) in [4.78, 5) is 30.6. The number of carbonyl (C=O) groups is 1. The van der Waals surface area contributed by atoms with Gasteiger partial charge in [-0.25, -0.2) is 4.98 Å². The van der Waals surface area contributed by atoms with Gasteiger partial charge in [-0.2, -0.15) is 0 Å². The van der Waals surface area contributed by atoms with E-state index in [2.05, 4.69) is 5.32 Å². The second-order valence-corrected chi connectivity index (χ2v) is 8.72. The van der Waals surface area contributed by atoms with Crippen molar-refractivity contribution in [2.24, 2.45) is 0 Å². The molecule has 1 amide bonds. The van der Waals surface area contributed by atoms with E-state index in [1.807, 2.05) is 71.0 Å². The Morgan fingerprint density at radius 3 is 2.62 bits per heavy atom. The number of amides is 1. The molecule has 0 aliphatic heterocycles. The molecule has 0 spiro atoms. The monoisotopic (exact) mass is 409 g/mol. The van der Waals surface area contributed by atoms with E-state index in [9.17, 15) is 9.59 Å². The van der Waals surface area contributed by atoms with E-state index in [1.54, 1.807) is 10.6 Å². The summed E-state index contributed by atoms with van der Waals surface area (Å²) >= 11 is 1.32. The highest BCUT2D eigenvalue weighted by Gasteiger charge is 2.21. The number of rotatable bonds is 6. The minimum Gasteiger partial charge on any atom is -0.325 e. The van der Waals surface area contributed by atoms with Gasteiger partial charge in [0, 0.05) is 11.7 Å². The topological polar surface area (TPSA) is 64.0 Å². The zero-order valence-corrected chi connectivity index (χ0v) is 18.3. The average molecular weight is 410 g/mol. The normalized spacial score (nSPS) is 13.3. The Balaban J connectivity index is 1.93. The van der Waals surface area contributed by atoms with Crippen LogP contribution in [0.3, 0.4) is 0 Å². The van der Waals surface area contributed by atoms with Crippen molar-refractivity contribution in [3.05, 3.63) is 63.9 Å². The quantitative estimate of drug-likeness (QED) is 0.454. The molecule has 0 aliphatic rings. The predicted octanol–water partition coefficient (Wildman–Crippen LogP) is 5.10. The number of carbonyl (C=O) groups excluding carboxylic acids is 1. The Morgan fingerprint density at radius 1 is 1.17 bits per heavy atom. The minimum atomic E-state index is -0.404. The van der Waals surface area contributed by atoms with Gasteiger partial charge in [0.2, 0.25) is 5.91 Å². The number of nitrogens with zero attached hydrogens (tertiary/aromatic N) is 2. The first kappa shape index (κ1) is 21.1. The smallest absolute Gasteiger partial charge is 0.262 e. The fourth-order valence-corrected chi connectivity index (χ4v) is 4.11. The summed E-state index contributed by atoms with van der Waals surface area (Å²) in [6.07, 6.45) is 0.802. The van der Waals surface area contributed by atoms with E-state index in [4.69, 9.17) is 4.98 Å². The van der Waals surface area contributed by atoms with Crippen molar-refractivity contribution in [2.45, 2.75) is 57.5 Å². The van der Waals surface area contributed by atoms with Gasteiger partial charge in [0.25, 0.3) is 5.56 Å². The number of fused-ring (bicyclic) bond motifs is 1. The molecule has 0 aliphatic carbocycles. The maximum atomic E-state index is 13.1. The molecule has 1 aromatic heterocycles. The Bertz CT molecular complexity index is 1110. The Kier molecular flexibility index (Phi) is 6.42. The maximum absolute atomic E-state index is 13.1. The van der Waals surface area contributed by atoms with Crippen LogP contribution >= 0.6 is 11.8 Å². The maximum Gasteiger partial charge on any atom is 0.262 e. The van der Waals surface area contributed by atoms with Gasteiger partial charge in [-0.3, -0.25) is 14.2 Å². The molecule has 3 rings (SSSR count). The second kappa shape index (κ2) is 8.82. The first-order valence-electron chi connectivity index (χ1n) is 9.87. The molecule has 152 valence electrons. The largest absolute Gasteiger partial charge is 0.325 e. The molecule has 0 fully saturated rings. The number of hydrogen-bond donors (Lipinski definition) is 1. The van der Waals surface area contributed by atoms with Gasteiger partial charge in [-0.05, 0) is 63.4 Å². The number of aromatic nitrogens is 2. The van der Waals surface area contributed by atoms with Crippen LogP contribution < -0.4 is 10.9 Å². The van der Waals surface area contributed by atoms with Crippen molar-refractivity contribution in [1.82, 2.24) is 9.55 Å². The lowest BCUT2D eigenvalue weighted by Crippen LogP contribution is -2.28. The van der Waals surface area contributed by atoms with Crippen molar-refractivity contribution >= 4 is 34.3 Å². The Labute approximate surface area is 175 Å². The number of hydrogen-bond acceptors (Lipinski definition) is 4. The highest BCUT2D eigenvalue weighted by Crippen LogP contribution is 2.27. The predicted molar refractivity (Wildman–Crippen MR) is 121 cm³/mol. The molecule has 1 N–H and O–H groups in total. The number of aryl methyl sites for hydroxylation is 2. The summed E-state index contributed by atoms with van der Waals surface area (Å²) in [6, 6.07) is 13.3. The van der Waals surface area contributed by atoms with Crippen LogP contribution in [0.1, 0.15) is 44.4 Å². The van der Waals surface area contributed by atoms with Gasteiger partial charge >= 0.3 is 0 Å². The lowest BCUT2D eigenvalue weighted by molar-refractivity contribution is -0.115. The molecular weight excluding hydrogens is 382 g/mol. The number of benzene rings is 2. The number of para-hydroxylation sites is 1. The third kappa shape index (κ3) is 4.53. The highest BCUT2D eigenvalue weighted by molar-refractivity contribution is 8.00. The zero-order chi connectivity index (χ0) is 21.1. The molecule has 0 radical (unpaired) electrons. The molecule has 0 unspecified atom stereocenters. The lowest BCUT2D eigenvalue weighted by atomic mass is 10.1. The van der Waals surface area contributed by atoms with Crippen LogP contribution in [-0.2, 0) is 4.79 Å². The van der Waals surface area contributed by atoms with Crippen LogP contribution in [0.15, 0.2) is 52.4 Å². The van der Waals surface area contributed by atoms with E-state index in [-0.39, 0.29) is 17.5 Å². The molecular formula is C23H27N3O2S. The third-order valence-corrected chi connectivity index (χ3v) is 6.18. The van der Waals surface area contributed by atoms with E-state index < -0.39 is 5.25 Å². The summed E-state index contributed by atoms with van der Waals surface area (Å²) in [7, 11) is 0. The highest BCUT2D eigenvalue weighted by atomic mass is 32.2. The number of nitrogens with one attached hydrogen (secondary N) is 1. The van der Waals surface area contributed by atoms with Crippen molar-refractivity contribution in [1.29, 1.82) is 0 Å². The van der Waals surface area contributed by atoms with E-state index in [0.29, 0.717) is 16.1 Å². The molecule has 2 atom stereocenters. The van der Waals surface area contributed by atoms with Crippen LogP contribution in [0.4, 0.5) is 5.69 Å². The van der Waals surface area contributed by atoms with Crippen molar-refractivity contribution < 1.29 is 4.79 Å². The SMILES string of the molecule is CC[C@H](C)n1c(S[C@H](C)C(=O)Nc2cc(C)ccc2C)nc2ccccc2c1=O. The summed E-state index contributed by atoms with van der Waals surface area (Å²) < 4.78 is 1.72. The van der Waals surface area contributed by atoms with Crippen molar-refractivity contribution in [3.63, 3.8) is 0 Å². The molecule has 3 aromatic rings. The van der Waals surface area contributed by atoms with E-state index in [1.165, 1.54) is 11.8 Å². The van der Waals surface area contributed by atoms with Crippen LogP contribution in [0.25, 0.3) is 10.9 Å². The van der Waals surface area contributed by atoms with Gasteiger partial charge in [-0.1, -0.05) is 43.0 Å². The van der Waals surface area contributed by atoms with Crippen LogP contribution in [0, 0.1) is 13.8 Å². The fourth-order valence-electron chi connectivity index (χ4n) is 3.10. The molecule has 0 saturated carbocycles. The molecule has 0 saturated heterocycles. The second-order valence-electron chi connectivity index (χ2n) is 7.41. The van der Waals surface area contributed by atoms with Crippen LogP contribution in [0.2, 0.25) is 0 Å². The first-order valence-corrected chi connectivity index (χ1v) is 10.8. The average Bonchev–Trinajstić information content (AvgIpc) is 2.70. The summed E-state index contributed by atoms with van der Waals surface area (Å²) in [5.41, 5.74) is 3.51. The Hall–Kier alpha value is -2.60. The van der Waals surface area contributed by atoms with E-state index >= 15 is 0 Å². The van der Waals surface area contributed by atoms with Crippen LogP contribution in [-0.4, -0.2) is 20.7 Å². The summed E-state index contributed by atoms with van der Waals surface area (Å²) in [6.45, 7) is 9.85. The summed E-state index contributed by atoms with van der Waals surface area (Å²) in [5.74, 6) is -0.109. The standard InChI is InChI=1S/C23H27N3O2S/c1-6-16(4)26-22(28)18-9-7-8-10-19(18)25-23(26)29-17(5)21(27)24-20-13-14(2)11-12-15(20)3/h7-13,16-17H,6H2,1-5H3,(H,24,27)/t16-,17+/m0/s1. The van der Waals surface area contributed by atoms with Crippen molar-refractivity contribution in [2.75, 3.05) is 5.32 Å². The third-order valence-electron chi connectivity index (χ3n) is 5.11. The fraction of sp³-hybridized carbons (Fsp3) is 0.348. The van der Waals surface area contributed by atoms with Crippen molar-refractivity contribution in [3.8, 4) is 0 Å². The zero-order valence-electron chi connectivity index (χ0n) is 17.5. The number of thioether (sulfide) groups is 1. The minimum absolute atomic E-state index is 0.00335. The van der Waals surface area contributed by atoms with Crippen LogP contribution in [0.5, 0.6) is 0 Å². The molecule has 5 nitrogen and oxygen atoms in total. The first-order chi connectivity index (χ1) is 13.8. The molecule has 6 heteroatoms. The van der Waals surface area contributed by atoms with Gasteiger partial charge < -0.3 is 5.32 Å². The number of anilines is 1. The molecule has 1 heterocycles. The van der Waals surface area contributed by atoms with E-state index in [0.717, 1.165) is 23.2 Å². The van der Waals surface area contributed by atoms with Gasteiger partial charge in [-0.15, -0.1) is 0 Å². The molecule has 2 aromatic carbocycles. The van der Waals surface area contributed by atoms with Gasteiger partial charge in [0.05, 0.1) is 16.2 Å².